The van der Waals surface area contributed by atoms with E-state index in [1.54, 1.807) is 6.07 Å². The Kier molecular flexibility index (Phi) is 8.94. The number of ether oxygens (including phenoxy) is 1. The Hall–Kier alpha value is -1.62. The van der Waals surface area contributed by atoms with Crippen LogP contribution in [0.4, 0.5) is 11.4 Å². The summed E-state index contributed by atoms with van der Waals surface area (Å²) in [5.74, 6) is 0.550. The van der Waals surface area contributed by atoms with Crippen molar-refractivity contribution in [1.29, 1.82) is 0 Å². The lowest BCUT2D eigenvalue weighted by Crippen LogP contribution is -2.53. The fraction of sp³-hybridized carbons (Fsp3) is 0.700. The number of hydrogen-bond acceptors (Lipinski definition) is 9. The fourth-order valence-corrected chi connectivity index (χ4v) is 3.63. The highest BCUT2D eigenvalue weighted by Crippen LogP contribution is 2.31. The Morgan fingerprint density at radius 2 is 1.76 bits per heavy atom. The van der Waals surface area contributed by atoms with Gasteiger partial charge in [-0.05, 0) is 52.0 Å². The SMILES string of the molecule is CCOc1cc(N(CC(O)C(O)C(O)C(O)CO)C2CCN(C)CC2)ccc1N. The number of nitrogen functional groups attached to an aromatic ring is 1. The molecule has 1 aliphatic heterocycles. The van der Waals surface area contributed by atoms with Gasteiger partial charge in [-0.3, -0.25) is 0 Å². The lowest BCUT2D eigenvalue weighted by Gasteiger charge is -2.41. The summed E-state index contributed by atoms with van der Waals surface area (Å²) in [6, 6.07) is 5.52. The number of benzene rings is 1. The largest absolute Gasteiger partial charge is 0.492 e. The maximum Gasteiger partial charge on any atom is 0.144 e. The normalized spacial score (nSPS) is 20.1. The third-order valence-corrected chi connectivity index (χ3v) is 5.47. The average molecular weight is 414 g/mol. The van der Waals surface area contributed by atoms with Crippen LogP contribution in [0.5, 0.6) is 5.75 Å². The van der Waals surface area contributed by atoms with Crippen molar-refractivity contribution >= 4 is 11.4 Å². The van der Waals surface area contributed by atoms with Crippen LogP contribution in [0, 0.1) is 0 Å². The van der Waals surface area contributed by atoms with Crippen molar-refractivity contribution < 1.29 is 30.3 Å². The molecule has 1 saturated heterocycles. The summed E-state index contributed by atoms with van der Waals surface area (Å²) in [6.45, 7) is 3.47. The van der Waals surface area contributed by atoms with E-state index < -0.39 is 31.0 Å². The number of piperidine rings is 1. The zero-order valence-electron chi connectivity index (χ0n) is 17.2. The van der Waals surface area contributed by atoms with E-state index in [0.717, 1.165) is 31.6 Å². The Labute approximate surface area is 171 Å². The van der Waals surface area contributed by atoms with E-state index in [-0.39, 0.29) is 12.6 Å². The number of nitrogens with two attached hydrogens (primary N) is 1. The van der Waals surface area contributed by atoms with Crippen molar-refractivity contribution in [3.63, 3.8) is 0 Å². The van der Waals surface area contributed by atoms with Gasteiger partial charge in [0.2, 0.25) is 0 Å². The topological polar surface area (TPSA) is 143 Å². The number of hydrogen-bond donors (Lipinski definition) is 6. The van der Waals surface area contributed by atoms with E-state index >= 15 is 0 Å². The second kappa shape index (κ2) is 11.0. The number of rotatable bonds is 10. The number of nitrogens with zero attached hydrogens (tertiary/aromatic N) is 2. The van der Waals surface area contributed by atoms with Gasteiger partial charge in [-0.15, -0.1) is 0 Å². The molecule has 0 radical (unpaired) electrons. The molecule has 0 saturated carbocycles. The molecule has 166 valence electrons. The molecule has 29 heavy (non-hydrogen) atoms. The second-order valence-electron chi connectivity index (χ2n) is 7.64. The minimum absolute atomic E-state index is 0.0419. The molecular formula is C20H35N3O6. The summed E-state index contributed by atoms with van der Waals surface area (Å²) in [5.41, 5.74) is 7.29. The molecule has 0 aromatic heterocycles. The quantitative estimate of drug-likeness (QED) is 0.266. The van der Waals surface area contributed by atoms with Crippen LogP contribution in [0.1, 0.15) is 19.8 Å². The molecule has 1 aromatic carbocycles. The van der Waals surface area contributed by atoms with Crippen molar-refractivity contribution in [2.24, 2.45) is 0 Å². The van der Waals surface area contributed by atoms with Crippen molar-refractivity contribution in [1.82, 2.24) is 4.90 Å². The molecule has 9 heteroatoms. The second-order valence-corrected chi connectivity index (χ2v) is 7.64. The maximum absolute atomic E-state index is 10.6. The number of aliphatic hydroxyl groups excluding tert-OH is 5. The molecule has 1 aromatic rings. The van der Waals surface area contributed by atoms with Crippen LogP contribution in [-0.2, 0) is 0 Å². The van der Waals surface area contributed by atoms with Gasteiger partial charge in [0.1, 0.15) is 24.1 Å². The number of aliphatic hydroxyl groups is 5. The van der Waals surface area contributed by atoms with Gasteiger partial charge < -0.3 is 45.8 Å². The van der Waals surface area contributed by atoms with Crippen LogP contribution in [0.3, 0.4) is 0 Å². The Morgan fingerprint density at radius 1 is 1.14 bits per heavy atom. The van der Waals surface area contributed by atoms with E-state index in [2.05, 4.69) is 11.9 Å². The van der Waals surface area contributed by atoms with E-state index in [1.807, 2.05) is 24.0 Å². The molecule has 0 aliphatic carbocycles. The molecule has 4 unspecified atom stereocenters. The first-order valence-corrected chi connectivity index (χ1v) is 10.1. The molecule has 2 rings (SSSR count). The van der Waals surface area contributed by atoms with Gasteiger partial charge in [0.05, 0.1) is 25.0 Å². The summed E-state index contributed by atoms with van der Waals surface area (Å²) in [7, 11) is 2.06. The molecule has 7 N–H and O–H groups in total. The minimum atomic E-state index is -1.65. The molecule has 4 atom stereocenters. The van der Waals surface area contributed by atoms with Crippen LogP contribution >= 0.6 is 0 Å². The van der Waals surface area contributed by atoms with Crippen LogP contribution in [0.25, 0.3) is 0 Å². The van der Waals surface area contributed by atoms with Crippen molar-refractivity contribution in [2.75, 3.05) is 50.5 Å². The lowest BCUT2D eigenvalue weighted by molar-refractivity contribution is -0.113. The van der Waals surface area contributed by atoms with Crippen molar-refractivity contribution in [2.45, 2.75) is 50.2 Å². The zero-order valence-corrected chi connectivity index (χ0v) is 17.2. The molecule has 1 heterocycles. The molecule has 0 spiro atoms. The van der Waals surface area contributed by atoms with Gasteiger partial charge in [0.15, 0.2) is 0 Å². The van der Waals surface area contributed by atoms with Crippen molar-refractivity contribution in [3.8, 4) is 5.75 Å². The maximum atomic E-state index is 10.6. The average Bonchev–Trinajstić information content (AvgIpc) is 2.72. The predicted molar refractivity (Wildman–Crippen MR) is 111 cm³/mol. The van der Waals surface area contributed by atoms with E-state index in [0.29, 0.717) is 18.0 Å². The monoisotopic (exact) mass is 413 g/mol. The van der Waals surface area contributed by atoms with Gasteiger partial charge in [-0.1, -0.05) is 0 Å². The van der Waals surface area contributed by atoms with E-state index in [4.69, 9.17) is 15.6 Å². The smallest absolute Gasteiger partial charge is 0.144 e. The highest BCUT2D eigenvalue weighted by atomic mass is 16.5. The molecular weight excluding hydrogens is 378 g/mol. The molecule has 0 bridgehead atoms. The third-order valence-electron chi connectivity index (χ3n) is 5.47. The standard InChI is InChI=1S/C20H35N3O6/c1-3-29-18-10-14(4-5-15(18)21)23(13-6-8-22(2)9-7-13)11-16(25)19(27)20(28)17(26)12-24/h4-5,10,13,16-17,19-20,24-28H,3,6-9,11-12,21H2,1-2H3. The molecule has 9 nitrogen and oxygen atoms in total. The third kappa shape index (κ3) is 6.18. The van der Waals surface area contributed by atoms with Crippen LogP contribution in [0.15, 0.2) is 18.2 Å². The lowest BCUT2D eigenvalue weighted by atomic mass is 9.99. The highest BCUT2D eigenvalue weighted by molar-refractivity contribution is 5.63. The Balaban J connectivity index is 2.25. The summed E-state index contributed by atoms with van der Waals surface area (Å²) >= 11 is 0. The van der Waals surface area contributed by atoms with Gasteiger partial charge in [0.25, 0.3) is 0 Å². The first-order valence-electron chi connectivity index (χ1n) is 10.1. The summed E-state index contributed by atoms with van der Waals surface area (Å²) in [6.07, 6.45) is -4.38. The van der Waals surface area contributed by atoms with Crippen LogP contribution in [-0.4, -0.2) is 101 Å². The minimum Gasteiger partial charge on any atom is -0.492 e. The number of anilines is 2. The molecule has 1 aliphatic rings. The summed E-state index contributed by atoms with van der Waals surface area (Å²) < 4.78 is 5.60. The summed E-state index contributed by atoms with van der Waals surface area (Å²) in [4.78, 5) is 4.22. The first-order chi connectivity index (χ1) is 13.8. The van der Waals surface area contributed by atoms with Gasteiger partial charge in [0, 0.05) is 24.3 Å². The van der Waals surface area contributed by atoms with Gasteiger partial charge >= 0.3 is 0 Å². The fourth-order valence-electron chi connectivity index (χ4n) is 3.63. The van der Waals surface area contributed by atoms with E-state index in [9.17, 15) is 20.4 Å². The molecule has 1 fully saturated rings. The highest BCUT2D eigenvalue weighted by Gasteiger charge is 2.33. The van der Waals surface area contributed by atoms with Gasteiger partial charge in [-0.2, -0.15) is 0 Å². The predicted octanol–water partition coefficient (Wildman–Crippen LogP) is -0.996. The van der Waals surface area contributed by atoms with Crippen LogP contribution in [0.2, 0.25) is 0 Å². The van der Waals surface area contributed by atoms with Crippen LogP contribution < -0.4 is 15.4 Å². The van der Waals surface area contributed by atoms with Crippen molar-refractivity contribution in [3.05, 3.63) is 18.2 Å². The summed E-state index contributed by atoms with van der Waals surface area (Å²) in [5, 5.41) is 49.3. The zero-order chi connectivity index (χ0) is 21.6. The van der Waals surface area contributed by atoms with Gasteiger partial charge in [-0.25, -0.2) is 0 Å². The Morgan fingerprint density at radius 3 is 2.34 bits per heavy atom. The first kappa shape index (κ1) is 23.7. The number of likely N-dealkylation sites (tertiary alicyclic amines) is 1. The Bertz CT molecular complexity index is 626. The molecule has 0 amide bonds. The van der Waals surface area contributed by atoms with E-state index in [1.165, 1.54) is 0 Å².